The van der Waals surface area contributed by atoms with Crippen LogP contribution in [0.3, 0.4) is 0 Å². The van der Waals surface area contributed by atoms with Crippen molar-refractivity contribution in [3.8, 4) is 0 Å². The van der Waals surface area contributed by atoms with Gasteiger partial charge in [-0.3, -0.25) is 0 Å². The van der Waals surface area contributed by atoms with Crippen LogP contribution in [0.1, 0.15) is 0 Å². The summed E-state index contributed by atoms with van der Waals surface area (Å²) in [5.74, 6) is 0. The Morgan fingerprint density at radius 1 is 1.00 bits per heavy atom. The molecule has 1 fully saturated rings. The number of hydrogen-bond donors (Lipinski definition) is 7. The molecule has 1 aliphatic heterocycles. The van der Waals surface area contributed by atoms with E-state index in [2.05, 4.69) is 29.7 Å². The van der Waals surface area contributed by atoms with Crippen molar-refractivity contribution in [3.63, 3.8) is 0 Å². The zero-order chi connectivity index (χ0) is 17.3. The van der Waals surface area contributed by atoms with Gasteiger partial charge >= 0.3 is 22.4 Å². The molecule has 1 saturated heterocycles. The van der Waals surface area contributed by atoms with Gasteiger partial charge in [0.15, 0.2) is 6.29 Å². The second-order valence-corrected chi connectivity index (χ2v) is 9.74. The standard InChI is InChI=1S/C5H13O13P3S/c6-3-2(16-5(8)4(3)7)1-15-21(14,22)18-20(12,13)17-19(9,10)11/h2-8H,1H2,(H,12,13)(H,14,22)(H2,9,10,11). The Bertz CT molecular complexity index is 532. The van der Waals surface area contributed by atoms with Gasteiger partial charge in [0.2, 0.25) is 0 Å². The molecule has 13 nitrogen and oxygen atoms in total. The zero-order valence-electron chi connectivity index (χ0n) is 10.3. The number of aliphatic hydroxyl groups is 3. The van der Waals surface area contributed by atoms with E-state index in [1.165, 1.54) is 0 Å². The van der Waals surface area contributed by atoms with Gasteiger partial charge in [0, 0.05) is 0 Å². The van der Waals surface area contributed by atoms with Crippen LogP contribution in [0.5, 0.6) is 0 Å². The topological polar surface area (TPSA) is 213 Å². The van der Waals surface area contributed by atoms with E-state index in [1.54, 1.807) is 0 Å². The van der Waals surface area contributed by atoms with Crippen LogP contribution in [-0.2, 0) is 38.8 Å². The summed E-state index contributed by atoms with van der Waals surface area (Å²) in [5, 5.41) is 27.7. The fraction of sp³-hybridized carbons (Fsp3) is 1.00. The molecule has 7 N–H and O–H groups in total. The van der Waals surface area contributed by atoms with Gasteiger partial charge in [-0.05, 0) is 11.8 Å². The summed E-state index contributed by atoms with van der Waals surface area (Å²) in [7, 11) is -10.8. The molecule has 132 valence electrons. The van der Waals surface area contributed by atoms with Gasteiger partial charge in [-0.25, -0.2) is 13.4 Å². The summed E-state index contributed by atoms with van der Waals surface area (Å²) in [4.78, 5) is 35.2. The van der Waals surface area contributed by atoms with Gasteiger partial charge in [-0.1, -0.05) is 0 Å². The van der Waals surface area contributed by atoms with Gasteiger partial charge in [-0.15, -0.1) is 0 Å². The smallest absolute Gasteiger partial charge is 0.387 e. The number of phosphoric acid groups is 2. The molecule has 0 aromatic carbocycles. The maximum absolute atomic E-state index is 11.2. The van der Waals surface area contributed by atoms with Crippen molar-refractivity contribution in [2.24, 2.45) is 0 Å². The van der Waals surface area contributed by atoms with E-state index in [4.69, 9.17) is 19.8 Å². The van der Waals surface area contributed by atoms with Crippen LogP contribution < -0.4 is 0 Å². The Kier molecular flexibility index (Phi) is 6.85. The Balaban J connectivity index is 2.60. The normalized spacial score (nSPS) is 35.0. The van der Waals surface area contributed by atoms with Crippen molar-refractivity contribution in [3.05, 3.63) is 0 Å². The van der Waals surface area contributed by atoms with E-state index < -0.39 is 53.6 Å². The van der Waals surface area contributed by atoms with Gasteiger partial charge < -0.3 is 44.2 Å². The lowest BCUT2D eigenvalue weighted by atomic mass is 10.1. The van der Waals surface area contributed by atoms with Crippen LogP contribution >= 0.6 is 22.4 Å². The molecule has 0 aromatic heterocycles. The predicted octanol–water partition coefficient (Wildman–Crippen LogP) is -2.11. The van der Waals surface area contributed by atoms with Crippen molar-refractivity contribution in [2.75, 3.05) is 6.61 Å². The van der Waals surface area contributed by atoms with E-state index >= 15 is 0 Å². The maximum Gasteiger partial charge on any atom is 0.488 e. The van der Waals surface area contributed by atoms with Crippen LogP contribution in [-0.4, -0.2) is 66.1 Å². The SMILES string of the molecule is O=P(O)(O)OP(=O)(O)OP(O)(=S)OCC1OC(O)C(O)C1O. The summed E-state index contributed by atoms with van der Waals surface area (Å²) in [6.45, 7) is -5.29. The lowest BCUT2D eigenvalue weighted by Gasteiger charge is -2.21. The van der Waals surface area contributed by atoms with Crippen LogP contribution in [0.2, 0.25) is 0 Å². The van der Waals surface area contributed by atoms with E-state index in [1.807, 2.05) is 0 Å². The first-order chi connectivity index (χ1) is 9.72. The molecule has 1 heterocycles. The van der Waals surface area contributed by atoms with E-state index in [0.29, 0.717) is 0 Å². The molecule has 22 heavy (non-hydrogen) atoms. The number of hydrogen-bond acceptors (Lipinski definition) is 10. The van der Waals surface area contributed by atoms with Crippen molar-refractivity contribution in [1.29, 1.82) is 0 Å². The summed E-state index contributed by atoms with van der Waals surface area (Å²) >= 11 is 4.31. The summed E-state index contributed by atoms with van der Waals surface area (Å²) < 4.78 is 38.1. The largest absolute Gasteiger partial charge is 0.488 e. The fourth-order valence-electron chi connectivity index (χ4n) is 1.34. The molecule has 1 rings (SSSR count). The van der Waals surface area contributed by atoms with Gasteiger partial charge in [-0.2, -0.15) is 4.31 Å². The molecule has 1 aliphatic rings. The Hall–Kier alpha value is 0.670. The molecule has 0 aliphatic carbocycles. The second kappa shape index (κ2) is 7.28. The second-order valence-electron chi connectivity index (χ2n) is 3.93. The molecule has 0 bridgehead atoms. The average molecular weight is 406 g/mol. The Morgan fingerprint density at radius 3 is 1.95 bits per heavy atom. The minimum atomic E-state index is -5.43. The first-order valence-corrected chi connectivity index (χ1v) is 10.8. The Morgan fingerprint density at radius 2 is 1.55 bits per heavy atom. The van der Waals surface area contributed by atoms with Crippen molar-refractivity contribution in [2.45, 2.75) is 24.6 Å². The highest BCUT2D eigenvalue weighted by Crippen LogP contribution is 2.66. The zero-order valence-corrected chi connectivity index (χ0v) is 13.8. The number of ether oxygens (including phenoxy) is 1. The third kappa shape index (κ3) is 6.65. The lowest BCUT2D eigenvalue weighted by Crippen LogP contribution is -2.34. The lowest BCUT2D eigenvalue weighted by molar-refractivity contribution is -0.131. The molecule has 0 amide bonds. The van der Waals surface area contributed by atoms with Crippen molar-refractivity contribution < 1.29 is 61.9 Å². The molecular formula is C5H13O13P3S. The van der Waals surface area contributed by atoms with Crippen molar-refractivity contribution >= 4 is 34.2 Å². The fourth-order valence-corrected chi connectivity index (χ4v) is 5.31. The average Bonchev–Trinajstić information content (AvgIpc) is 2.49. The van der Waals surface area contributed by atoms with Gasteiger partial charge in [0.05, 0.1) is 6.61 Å². The third-order valence-electron chi connectivity index (χ3n) is 2.16. The molecule has 0 aromatic rings. The minimum Gasteiger partial charge on any atom is -0.387 e. The number of rotatable bonds is 7. The monoisotopic (exact) mass is 406 g/mol. The molecule has 6 atom stereocenters. The van der Waals surface area contributed by atoms with Crippen LogP contribution in [0.25, 0.3) is 0 Å². The summed E-state index contributed by atoms with van der Waals surface area (Å²) in [6, 6.07) is 0. The van der Waals surface area contributed by atoms with Crippen LogP contribution in [0.4, 0.5) is 0 Å². The summed E-state index contributed by atoms with van der Waals surface area (Å²) in [5.41, 5.74) is 0. The molecule has 0 spiro atoms. The quantitative estimate of drug-likeness (QED) is 0.225. The number of aliphatic hydroxyl groups excluding tert-OH is 3. The van der Waals surface area contributed by atoms with E-state index in [9.17, 15) is 24.2 Å². The third-order valence-corrected chi connectivity index (χ3v) is 6.87. The maximum atomic E-state index is 11.2. The molecule has 17 heteroatoms. The highest BCUT2D eigenvalue weighted by atomic mass is 32.5. The molecule has 6 unspecified atom stereocenters. The van der Waals surface area contributed by atoms with E-state index in [-0.39, 0.29) is 0 Å². The van der Waals surface area contributed by atoms with Crippen LogP contribution in [0, 0.1) is 0 Å². The van der Waals surface area contributed by atoms with E-state index in [0.717, 1.165) is 0 Å². The van der Waals surface area contributed by atoms with Crippen LogP contribution in [0.15, 0.2) is 0 Å². The molecule has 0 saturated carbocycles. The highest BCUT2D eigenvalue weighted by Gasteiger charge is 2.44. The predicted molar refractivity (Wildman–Crippen MR) is 69.4 cm³/mol. The highest BCUT2D eigenvalue weighted by molar-refractivity contribution is 8.08. The molecule has 0 radical (unpaired) electrons. The van der Waals surface area contributed by atoms with Crippen molar-refractivity contribution in [1.82, 2.24) is 0 Å². The minimum absolute atomic E-state index is 0.765. The van der Waals surface area contributed by atoms with Gasteiger partial charge in [0.1, 0.15) is 18.3 Å². The molecular weight excluding hydrogens is 393 g/mol. The summed E-state index contributed by atoms with van der Waals surface area (Å²) in [6.07, 6.45) is -6.31. The Labute approximate surface area is 128 Å². The van der Waals surface area contributed by atoms with Gasteiger partial charge in [0.25, 0.3) is 0 Å². The first kappa shape index (κ1) is 20.7. The first-order valence-electron chi connectivity index (χ1n) is 5.20.